The first-order valence-electron chi connectivity index (χ1n) is 3.70. The third kappa shape index (κ3) is 4.24. The van der Waals surface area contributed by atoms with Crippen molar-refractivity contribution < 1.29 is 13.2 Å². The highest BCUT2D eigenvalue weighted by Gasteiger charge is 2.38. The van der Waals surface area contributed by atoms with Gasteiger partial charge in [0.25, 0.3) is 0 Å². The predicted octanol–water partition coefficient (Wildman–Crippen LogP) is 2.33. The largest absolute Gasteiger partial charge is 0.403 e. The smallest absolute Gasteiger partial charge is 0.304 e. The van der Waals surface area contributed by atoms with Gasteiger partial charge >= 0.3 is 6.18 Å². The molecule has 1 atom stereocenters. The standard InChI is InChI=1S/C7H14F3N/c1-4-6(7(8,9)10)11-5(2)3/h5-6,11H,4H2,1-3H3/t6-/m0/s1. The van der Waals surface area contributed by atoms with Crippen LogP contribution < -0.4 is 5.32 Å². The van der Waals surface area contributed by atoms with Gasteiger partial charge in [0.05, 0.1) is 0 Å². The van der Waals surface area contributed by atoms with Crippen LogP contribution in [0.25, 0.3) is 0 Å². The van der Waals surface area contributed by atoms with E-state index in [-0.39, 0.29) is 12.5 Å². The van der Waals surface area contributed by atoms with Crippen LogP contribution in [0.5, 0.6) is 0 Å². The van der Waals surface area contributed by atoms with Crippen LogP contribution in [0.1, 0.15) is 27.2 Å². The second-order valence-electron chi connectivity index (χ2n) is 2.82. The molecule has 0 amide bonds. The average molecular weight is 169 g/mol. The van der Waals surface area contributed by atoms with Gasteiger partial charge in [-0.25, -0.2) is 0 Å². The van der Waals surface area contributed by atoms with E-state index in [0.29, 0.717) is 0 Å². The molecule has 68 valence electrons. The van der Waals surface area contributed by atoms with Crippen LogP contribution in [0.15, 0.2) is 0 Å². The Morgan fingerprint density at radius 2 is 1.73 bits per heavy atom. The molecule has 0 aliphatic rings. The minimum absolute atomic E-state index is 0.0850. The van der Waals surface area contributed by atoms with Gasteiger partial charge in [0.1, 0.15) is 6.04 Å². The molecule has 11 heavy (non-hydrogen) atoms. The van der Waals surface area contributed by atoms with E-state index in [0.717, 1.165) is 0 Å². The SMILES string of the molecule is CC[C@H](NC(C)C)C(F)(F)F. The van der Waals surface area contributed by atoms with E-state index in [2.05, 4.69) is 5.32 Å². The fourth-order valence-electron chi connectivity index (χ4n) is 0.846. The van der Waals surface area contributed by atoms with E-state index in [1.807, 2.05) is 0 Å². The van der Waals surface area contributed by atoms with Crippen molar-refractivity contribution in [3.8, 4) is 0 Å². The normalized spacial score (nSPS) is 15.5. The van der Waals surface area contributed by atoms with Gasteiger partial charge in [-0.3, -0.25) is 0 Å². The van der Waals surface area contributed by atoms with Crippen molar-refractivity contribution in [2.24, 2.45) is 0 Å². The summed E-state index contributed by atoms with van der Waals surface area (Å²) in [6.07, 6.45) is -4.03. The molecule has 0 spiro atoms. The van der Waals surface area contributed by atoms with Crippen molar-refractivity contribution in [3.05, 3.63) is 0 Å². The topological polar surface area (TPSA) is 12.0 Å². The zero-order chi connectivity index (χ0) is 9.07. The van der Waals surface area contributed by atoms with Crippen molar-refractivity contribution in [2.45, 2.75) is 45.5 Å². The molecule has 0 aromatic carbocycles. The maximum Gasteiger partial charge on any atom is 0.403 e. The molecule has 0 heterocycles. The van der Waals surface area contributed by atoms with Gasteiger partial charge in [0.2, 0.25) is 0 Å². The van der Waals surface area contributed by atoms with Crippen LogP contribution in [-0.4, -0.2) is 18.3 Å². The number of hydrogen-bond acceptors (Lipinski definition) is 1. The molecule has 0 saturated carbocycles. The lowest BCUT2D eigenvalue weighted by Gasteiger charge is -2.22. The Morgan fingerprint density at radius 3 is 1.82 bits per heavy atom. The third-order valence-electron chi connectivity index (χ3n) is 1.34. The van der Waals surface area contributed by atoms with E-state index < -0.39 is 12.2 Å². The van der Waals surface area contributed by atoms with E-state index in [1.165, 1.54) is 6.92 Å². The van der Waals surface area contributed by atoms with Gasteiger partial charge in [0.15, 0.2) is 0 Å². The predicted molar refractivity (Wildman–Crippen MR) is 38.4 cm³/mol. The Morgan fingerprint density at radius 1 is 1.27 bits per heavy atom. The maximum absolute atomic E-state index is 12.0. The molecule has 0 fully saturated rings. The number of rotatable bonds is 3. The molecule has 1 N–H and O–H groups in total. The Balaban J connectivity index is 3.96. The molecule has 0 aromatic rings. The first kappa shape index (κ1) is 10.8. The molecular formula is C7H14F3N. The second-order valence-corrected chi connectivity index (χ2v) is 2.82. The number of nitrogens with one attached hydrogen (secondary N) is 1. The summed E-state index contributed by atoms with van der Waals surface area (Å²) < 4.78 is 36.1. The van der Waals surface area contributed by atoms with Crippen LogP contribution >= 0.6 is 0 Å². The highest BCUT2D eigenvalue weighted by molar-refractivity contribution is 4.74. The minimum atomic E-state index is -4.11. The quantitative estimate of drug-likeness (QED) is 0.683. The zero-order valence-corrected chi connectivity index (χ0v) is 7.00. The van der Waals surface area contributed by atoms with Crippen molar-refractivity contribution >= 4 is 0 Å². The highest BCUT2D eigenvalue weighted by Crippen LogP contribution is 2.22. The number of halogens is 3. The lowest BCUT2D eigenvalue weighted by Crippen LogP contribution is -2.44. The summed E-state index contributed by atoms with van der Waals surface area (Å²) in [5.74, 6) is 0. The van der Waals surface area contributed by atoms with Gasteiger partial charge in [0, 0.05) is 6.04 Å². The van der Waals surface area contributed by atoms with Gasteiger partial charge in [-0.2, -0.15) is 13.2 Å². The molecule has 1 nitrogen and oxygen atoms in total. The van der Waals surface area contributed by atoms with Gasteiger partial charge in [-0.05, 0) is 6.42 Å². The molecule has 0 aliphatic heterocycles. The van der Waals surface area contributed by atoms with Crippen molar-refractivity contribution in [2.75, 3.05) is 0 Å². The summed E-state index contributed by atoms with van der Waals surface area (Å²) in [5, 5.41) is 2.44. The van der Waals surface area contributed by atoms with Crippen LogP contribution in [-0.2, 0) is 0 Å². The molecule has 0 bridgehead atoms. The molecule has 4 heteroatoms. The highest BCUT2D eigenvalue weighted by atomic mass is 19.4. The van der Waals surface area contributed by atoms with E-state index in [9.17, 15) is 13.2 Å². The van der Waals surface area contributed by atoms with Crippen molar-refractivity contribution in [1.82, 2.24) is 5.32 Å². The van der Waals surface area contributed by atoms with E-state index in [4.69, 9.17) is 0 Å². The summed E-state index contributed by atoms with van der Waals surface area (Å²) in [6.45, 7) is 4.93. The maximum atomic E-state index is 12.0. The van der Waals surface area contributed by atoms with E-state index >= 15 is 0 Å². The van der Waals surface area contributed by atoms with Crippen LogP contribution in [0.3, 0.4) is 0 Å². The van der Waals surface area contributed by atoms with Crippen LogP contribution in [0.2, 0.25) is 0 Å². The number of alkyl halides is 3. The molecule has 0 aliphatic carbocycles. The first-order chi connectivity index (χ1) is 4.88. The monoisotopic (exact) mass is 169 g/mol. The Kier molecular flexibility index (Phi) is 3.86. The van der Waals surface area contributed by atoms with Gasteiger partial charge < -0.3 is 5.32 Å². The molecule has 0 unspecified atom stereocenters. The van der Waals surface area contributed by atoms with Gasteiger partial charge in [-0.15, -0.1) is 0 Å². The Labute approximate surface area is 65.0 Å². The lowest BCUT2D eigenvalue weighted by molar-refractivity contribution is -0.157. The second kappa shape index (κ2) is 3.95. The van der Waals surface area contributed by atoms with Crippen molar-refractivity contribution in [1.29, 1.82) is 0 Å². The summed E-state index contributed by atoms with van der Waals surface area (Å²) in [7, 11) is 0. The minimum Gasteiger partial charge on any atom is -0.304 e. The van der Waals surface area contributed by atoms with E-state index in [1.54, 1.807) is 13.8 Å². The Hall–Kier alpha value is -0.250. The fourth-order valence-corrected chi connectivity index (χ4v) is 0.846. The molecular weight excluding hydrogens is 155 g/mol. The first-order valence-corrected chi connectivity index (χ1v) is 3.70. The number of hydrogen-bond donors (Lipinski definition) is 1. The summed E-state index contributed by atoms with van der Waals surface area (Å²) in [4.78, 5) is 0. The van der Waals surface area contributed by atoms with Gasteiger partial charge in [-0.1, -0.05) is 20.8 Å². The Bertz CT molecular complexity index is 109. The molecule has 0 radical (unpaired) electrons. The molecule has 0 saturated heterocycles. The summed E-state index contributed by atoms with van der Waals surface area (Å²) >= 11 is 0. The van der Waals surface area contributed by atoms with Crippen LogP contribution in [0, 0.1) is 0 Å². The van der Waals surface area contributed by atoms with Crippen LogP contribution in [0.4, 0.5) is 13.2 Å². The lowest BCUT2D eigenvalue weighted by atomic mass is 10.2. The van der Waals surface area contributed by atoms with Crippen molar-refractivity contribution in [3.63, 3.8) is 0 Å². The third-order valence-corrected chi connectivity index (χ3v) is 1.34. The molecule has 0 rings (SSSR count). The summed E-state index contributed by atoms with van der Waals surface area (Å²) in [5.41, 5.74) is 0. The molecule has 0 aromatic heterocycles. The summed E-state index contributed by atoms with van der Waals surface area (Å²) in [6, 6.07) is -1.48. The fraction of sp³-hybridized carbons (Fsp3) is 1.00. The average Bonchev–Trinajstić information content (AvgIpc) is 1.79. The zero-order valence-electron chi connectivity index (χ0n) is 7.00.